The summed E-state index contributed by atoms with van der Waals surface area (Å²) in [5.74, 6) is 0. The van der Waals surface area contributed by atoms with Crippen LogP contribution in [0.3, 0.4) is 0 Å². The molecular formula is C15H16Cl2N2. The summed E-state index contributed by atoms with van der Waals surface area (Å²) in [7, 11) is 1.99. The lowest BCUT2D eigenvalue weighted by atomic mass is 10.1. The SMILES string of the molecule is CC(c1cccc(Cl)c1)N(C)c1cccc(Cl)c1N. The Balaban J connectivity index is 2.33. The van der Waals surface area contributed by atoms with Crippen molar-refractivity contribution in [3.8, 4) is 0 Å². The highest BCUT2D eigenvalue weighted by molar-refractivity contribution is 6.33. The second-order valence-electron chi connectivity index (χ2n) is 4.51. The standard InChI is InChI=1S/C15H16Cl2N2/c1-10(11-5-3-6-12(16)9-11)19(2)14-8-4-7-13(17)15(14)18/h3-10H,18H2,1-2H3. The van der Waals surface area contributed by atoms with E-state index in [1.807, 2.05) is 43.4 Å². The monoisotopic (exact) mass is 294 g/mol. The van der Waals surface area contributed by atoms with E-state index in [-0.39, 0.29) is 6.04 Å². The minimum Gasteiger partial charge on any atom is -0.396 e. The van der Waals surface area contributed by atoms with Crippen LogP contribution in [0, 0.1) is 0 Å². The minimum absolute atomic E-state index is 0.152. The number of anilines is 2. The predicted molar refractivity (Wildman–Crippen MR) is 84.1 cm³/mol. The Morgan fingerprint density at radius 1 is 1.11 bits per heavy atom. The van der Waals surface area contributed by atoms with Crippen LogP contribution >= 0.6 is 23.2 Å². The van der Waals surface area contributed by atoms with Crippen molar-refractivity contribution in [1.29, 1.82) is 0 Å². The van der Waals surface area contributed by atoms with Gasteiger partial charge in [-0.25, -0.2) is 0 Å². The van der Waals surface area contributed by atoms with Gasteiger partial charge >= 0.3 is 0 Å². The number of benzene rings is 2. The maximum atomic E-state index is 6.06. The van der Waals surface area contributed by atoms with Crippen molar-refractivity contribution in [2.45, 2.75) is 13.0 Å². The summed E-state index contributed by atoms with van der Waals surface area (Å²) in [6.45, 7) is 2.10. The van der Waals surface area contributed by atoms with Crippen LogP contribution in [0.25, 0.3) is 0 Å². The maximum Gasteiger partial charge on any atom is 0.0741 e. The number of nitrogen functional groups attached to an aromatic ring is 1. The molecule has 2 N–H and O–H groups in total. The Labute approximate surface area is 123 Å². The van der Waals surface area contributed by atoms with Gasteiger partial charge in [0.05, 0.1) is 22.4 Å². The summed E-state index contributed by atoms with van der Waals surface area (Å²) >= 11 is 12.1. The first-order valence-corrected chi connectivity index (χ1v) is 6.78. The third-order valence-electron chi connectivity index (χ3n) is 3.32. The van der Waals surface area contributed by atoms with Gasteiger partial charge in [-0.15, -0.1) is 0 Å². The summed E-state index contributed by atoms with van der Waals surface area (Å²) < 4.78 is 0. The van der Waals surface area contributed by atoms with Gasteiger partial charge in [0, 0.05) is 12.1 Å². The Bertz CT molecular complexity index is 584. The molecule has 2 nitrogen and oxygen atoms in total. The molecule has 1 atom stereocenters. The molecule has 2 rings (SSSR count). The molecule has 0 fully saturated rings. The minimum atomic E-state index is 0.152. The second-order valence-corrected chi connectivity index (χ2v) is 5.36. The highest BCUT2D eigenvalue weighted by Gasteiger charge is 2.15. The molecule has 0 saturated heterocycles. The zero-order valence-electron chi connectivity index (χ0n) is 10.9. The molecule has 19 heavy (non-hydrogen) atoms. The molecule has 0 aliphatic carbocycles. The molecule has 0 spiro atoms. The van der Waals surface area contributed by atoms with E-state index in [2.05, 4.69) is 11.8 Å². The molecule has 2 aromatic carbocycles. The first kappa shape index (κ1) is 14.0. The summed E-state index contributed by atoms with van der Waals surface area (Å²) in [6.07, 6.45) is 0. The highest BCUT2D eigenvalue weighted by atomic mass is 35.5. The Morgan fingerprint density at radius 3 is 2.47 bits per heavy atom. The molecule has 0 radical (unpaired) electrons. The highest BCUT2D eigenvalue weighted by Crippen LogP contribution is 2.34. The lowest BCUT2D eigenvalue weighted by molar-refractivity contribution is 0.741. The number of para-hydroxylation sites is 1. The average molecular weight is 295 g/mol. The summed E-state index contributed by atoms with van der Waals surface area (Å²) in [5, 5.41) is 1.31. The Hall–Kier alpha value is -1.38. The molecule has 0 bridgehead atoms. The van der Waals surface area contributed by atoms with Gasteiger partial charge in [-0.1, -0.05) is 41.4 Å². The molecule has 0 aliphatic heterocycles. The van der Waals surface area contributed by atoms with E-state index in [1.165, 1.54) is 0 Å². The van der Waals surface area contributed by atoms with Gasteiger partial charge in [0.15, 0.2) is 0 Å². The number of rotatable bonds is 3. The second kappa shape index (κ2) is 5.72. The van der Waals surface area contributed by atoms with Crippen LogP contribution in [0.5, 0.6) is 0 Å². The van der Waals surface area contributed by atoms with Gasteiger partial charge < -0.3 is 10.6 Å². The molecule has 4 heteroatoms. The Kier molecular flexibility index (Phi) is 4.23. The lowest BCUT2D eigenvalue weighted by Gasteiger charge is -2.29. The van der Waals surface area contributed by atoms with Crippen LogP contribution in [0.4, 0.5) is 11.4 Å². The molecule has 0 heterocycles. The summed E-state index contributed by atoms with van der Waals surface area (Å²) in [5.41, 5.74) is 8.68. The van der Waals surface area contributed by atoms with E-state index in [4.69, 9.17) is 28.9 Å². The van der Waals surface area contributed by atoms with Crippen molar-refractivity contribution < 1.29 is 0 Å². The van der Waals surface area contributed by atoms with Crippen molar-refractivity contribution in [3.05, 3.63) is 58.1 Å². The van der Waals surface area contributed by atoms with Gasteiger partial charge in [-0.2, -0.15) is 0 Å². The zero-order chi connectivity index (χ0) is 14.0. The van der Waals surface area contributed by atoms with Crippen molar-refractivity contribution in [2.75, 3.05) is 17.7 Å². The first-order valence-electron chi connectivity index (χ1n) is 6.03. The van der Waals surface area contributed by atoms with Crippen LogP contribution < -0.4 is 10.6 Å². The van der Waals surface area contributed by atoms with Crippen molar-refractivity contribution in [1.82, 2.24) is 0 Å². The summed E-state index contributed by atoms with van der Waals surface area (Å²) in [4.78, 5) is 2.09. The first-order chi connectivity index (χ1) is 9.00. The van der Waals surface area contributed by atoms with Crippen molar-refractivity contribution in [3.63, 3.8) is 0 Å². The molecule has 1 unspecified atom stereocenters. The molecule has 0 aliphatic rings. The van der Waals surface area contributed by atoms with Crippen molar-refractivity contribution >= 4 is 34.6 Å². The van der Waals surface area contributed by atoms with E-state index in [0.29, 0.717) is 10.7 Å². The number of nitrogens with two attached hydrogens (primary N) is 1. The fourth-order valence-corrected chi connectivity index (χ4v) is 2.40. The fraction of sp³-hybridized carbons (Fsp3) is 0.200. The third kappa shape index (κ3) is 2.96. The normalized spacial score (nSPS) is 12.2. The quantitative estimate of drug-likeness (QED) is 0.826. The van der Waals surface area contributed by atoms with E-state index < -0.39 is 0 Å². The zero-order valence-corrected chi connectivity index (χ0v) is 12.4. The van der Waals surface area contributed by atoms with Crippen LogP contribution in [-0.4, -0.2) is 7.05 Å². The number of hydrogen-bond donors (Lipinski definition) is 1. The van der Waals surface area contributed by atoms with E-state index in [0.717, 1.165) is 16.3 Å². The number of hydrogen-bond acceptors (Lipinski definition) is 2. The number of halogens is 2. The third-order valence-corrected chi connectivity index (χ3v) is 3.89. The van der Waals surface area contributed by atoms with Crippen LogP contribution in [0.2, 0.25) is 10.0 Å². The Morgan fingerprint density at radius 2 is 1.79 bits per heavy atom. The average Bonchev–Trinajstić information content (AvgIpc) is 2.40. The molecule has 2 aromatic rings. The van der Waals surface area contributed by atoms with E-state index >= 15 is 0 Å². The maximum absolute atomic E-state index is 6.06. The molecule has 0 aromatic heterocycles. The smallest absolute Gasteiger partial charge is 0.0741 e. The van der Waals surface area contributed by atoms with Crippen LogP contribution in [-0.2, 0) is 0 Å². The molecule has 0 saturated carbocycles. The number of nitrogens with zero attached hydrogens (tertiary/aromatic N) is 1. The van der Waals surface area contributed by atoms with Gasteiger partial charge in [-0.05, 0) is 36.8 Å². The van der Waals surface area contributed by atoms with Gasteiger partial charge in [0.2, 0.25) is 0 Å². The topological polar surface area (TPSA) is 29.3 Å². The van der Waals surface area contributed by atoms with E-state index in [9.17, 15) is 0 Å². The molecule has 0 amide bonds. The molecular weight excluding hydrogens is 279 g/mol. The van der Waals surface area contributed by atoms with E-state index in [1.54, 1.807) is 6.07 Å². The van der Waals surface area contributed by atoms with Gasteiger partial charge in [0.1, 0.15) is 0 Å². The predicted octanol–water partition coefficient (Wildman–Crippen LogP) is 4.77. The van der Waals surface area contributed by atoms with Crippen molar-refractivity contribution in [2.24, 2.45) is 0 Å². The van der Waals surface area contributed by atoms with Gasteiger partial charge in [0.25, 0.3) is 0 Å². The van der Waals surface area contributed by atoms with Crippen LogP contribution in [0.15, 0.2) is 42.5 Å². The molecule has 100 valence electrons. The fourth-order valence-electron chi connectivity index (χ4n) is 2.03. The van der Waals surface area contributed by atoms with Crippen LogP contribution in [0.1, 0.15) is 18.5 Å². The lowest BCUT2D eigenvalue weighted by Crippen LogP contribution is -2.22. The van der Waals surface area contributed by atoms with Gasteiger partial charge in [-0.3, -0.25) is 0 Å². The summed E-state index contributed by atoms with van der Waals surface area (Å²) in [6, 6.07) is 13.6. The largest absolute Gasteiger partial charge is 0.396 e.